The summed E-state index contributed by atoms with van der Waals surface area (Å²) in [5.74, 6) is 0.851. The summed E-state index contributed by atoms with van der Waals surface area (Å²) in [5, 5.41) is 12.2. The predicted octanol–water partition coefficient (Wildman–Crippen LogP) is 4.76. The van der Waals surface area contributed by atoms with Gasteiger partial charge in [-0.15, -0.1) is 11.3 Å². The van der Waals surface area contributed by atoms with E-state index in [4.69, 9.17) is 26.2 Å². The smallest absolute Gasteiger partial charge is 0.306 e. The van der Waals surface area contributed by atoms with Crippen LogP contribution >= 0.6 is 22.9 Å². The molecule has 1 spiro atoms. The van der Waals surface area contributed by atoms with Gasteiger partial charge in [0.25, 0.3) is 5.91 Å². The van der Waals surface area contributed by atoms with Crippen molar-refractivity contribution in [2.24, 2.45) is 5.10 Å². The monoisotopic (exact) mass is 437 g/mol. The first-order valence-electron chi connectivity index (χ1n) is 9.50. The highest BCUT2D eigenvalue weighted by atomic mass is 35.5. The molecule has 0 saturated heterocycles. The van der Waals surface area contributed by atoms with E-state index in [1.807, 2.05) is 35.7 Å². The Bertz CT molecular complexity index is 1230. The van der Waals surface area contributed by atoms with Crippen LogP contribution in [0.3, 0.4) is 0 Å². The molecule has 3 aliphatic rings. The first kappa shape index (κ1) is 17.8. The molecule has 30 heavy (non-hydrogen) atoms. The quantitative estimate of drug-likeness (QED) is 0.628. The number of carbonyl (C=O) groups excluding carboxylic acids is 1. The lowest BCUT2D eigenvalue weighted by Gasteiger charge is -2.44. The molecule has 2 aromatic carbocycles. The van der Waals surface area contributed by atoms with E-state index < -0.39 is 5.72 Å². The summed E-state index contributed by atoms with van der Waals surface area (Å²) in [6, 6.07) is 15.0. The van der Waals surface area contributed by atoms with Crippen molar-refractivity contribution in [1.82, 2.24) is 5.01 Å². The summed E-state index contributed by atoms with van der Waals surface area (Å²) >= 11 is 7.94. The second kappa shape index (κ2) is 6.23. The van der Waals surface area contributed by atoms with Crippen LogP contribution in [0.2, 0.25) is 5.02 Å². The summed E-state index contributed by atoms with van der Waals surface area (Å²) in [6.45, 7) is 0. The fourth-order valence-electron chi connectivity index (χ4n) is 4.46. The SMILES string of the molecule is COc1cccc2c1O[C@]1(C(=O)Nc3ccc(Cl)cc31)N1N=C(c3cccs3)C[C@@H]21. The summed E-state index contributed by atoms with van der Waals surface area (Å²) in [7, 11) is 1.60. The second-order valence-electron chi connectivity index (χ2n) is 7.36. The zero-order chi connectivity index (χ0) is 20.5. The number of fused-ring (bicyclic) bond motifs is 6. The molecule has 1 amide bonds. The van der Waals surface area contributed by atoms with Crippen molar-refractivity contribution < 1.29 is 14.3 Å². The normalized spacial score (nSPS) is 23.4. The molecule has 0 bridgehead atoms. The number of anilines is 1. The van der Waals surface area contributed by atoms with Crippen molar-refractivity contribution in [3.05, 3.63) is 74.9 Å². The number of hydrogen-bond acceptors (Lipinski definition) is 6. The molecule has 0 unspecified atom stereocenters. The standard InChI is InChI=1S/C22H16ClN3O3S/c1-28-18-5-2-4-13-17-11-16(19-6-3-9-30-19)25-26(17)22(29-20(13)18)14-10-12(23)7-8-15(14)24-21(22)27/h2-10,17H,11H2,1H3,(H,24,27)/t17-,22+/m0/s1. The Labute approximate surface area is 181 Å². The Morgan fingerprint density at radius 1 is 1.30 bits per heavy atom. The van der Waals surface area contributed by atoms with Crippen molar-refractivity contribution in [1.29, 1.82) is 0 Å². The molecule has 6 rings (SSSR count). The van der Waals surface area contributed by atoms with Crippen LogP contribution < -0.4 is 14.8 Å². The lowest BCUT2D eigenvalue weighted by atomic mass is 9.93. The van der Waals surface area contributed by atoms with E-state index in [0.29, 0.717) is 34.2 Å². The molecule has 1 aromatic heterocycles. The number of amides is 1. The van der Waals surface area contributed by atoms with Crippen molar-refractivity contribution in [3.63, 3.8) is 0 Å². The number of rotatable bonds is 2. The number of nitrogens with zero attached hydrogens (tertiary/aromatic N) is 2. The average Bonchev–Trinajstić information content (AvgIpc) is 3.48. The van der Waals surface area contributed by atoms with Gasteiger partial charge in [0.1, 0.15) is 0 Å². The largest absolute Gasteiger partial charge is 0.493 e. The van der Waals surface area contributed by atoms with E-state index >= 15 is 0 Å². The molecule has 3 aliphatic heterocycles. The summed E-state index contributed by atoms with van der Waals surface area (Å²) in [4.78, 5) is 14.5. The van der Waals surface area contributed by atoms with Gasteiger partial charge in [0, 0.05) is 17.0 Å². The molecule has 0 aliphatic carbocycles. The lowest BCUT2D eigenvalue weighted by Crippen LogP contribution is -2.55. The lowest BCUT2D eigenvalue weighted by molar-refractivity contribution is -0.161. The Balaban J connectivity index is 1.62. The number of halogens is 1. The zero-order valence-corrected chi connectivity index (χ0v) is 17.5. The second-order valence-corrected chi connectivity index (χ2v) is 8.74. The predicted molar refractivity (Wildman–Crippen MR) is 115 cm³/mol. The third-order valence-electron chi connectivity index (χ3n) is 5.78. The van der Waals surface area contributed by atoms with Crippen molar-refractivity contribution in [2.45, 2.75) is 18.2 Å². The minimum atomic E-state index is -1.45. The molecule has 150 valence electrons. The summed E-state index contributed by atoms with van der Waals surface area (Å²) in [6.07, 6.45) is 0.662. The van der Waals surface area contributed by atoms with E-state index in [9.17, 15) is 4.79 Å². The van der Waals surface area contributed by atoms with Crippen LogP contribution in [0.4, 0.5) is 5.69 Å². The molecule has 3 aromatic rings. The molecule has 2 atom stereocenters. The number of benzene rings is 2. The van der Waals surface area contributed by atoms with Crippen LogP contribution in [0.15, 0.2) is 59.0 Å². The molecule has 6 nitrogen and oxygen atoms in total. The number of methoxy groups -OCH3 is 1. The number of nitrogens with one attached hydrogen (secondary N) is 1. The molecule has 0 radical (unpaired) electrons. The molecular weight excluding hydrogens is 422 g/mol. The third-order valence-corrected chi connectivity index (χ3v) is 6.93. The number of thiophene rings is 1. The Morgan fingerprint density at radius 2 is 2.20 bits per heavy atom. The van der Waals surface area contributed by atoms with Crippen LogP contribution in [-0.2, 0) is 10.5 Å². The number of hydrogen-bond donors (Lipinski definition) is 1. The summed E-state index contributed by atoms with van der Waals surface area (Å²) in [5.41, 5.74) is 1.74. The van der Waals surface area contributed by atoms with Crippen LogP contribution in [0, 0.1) is 0 Å². The Kier molecular flexibility index (Phi) is 3.70. The Morgan fingerprint density at radius 3 is 3.00 bits per heavy atom. The first-order chi connectivity index (χ1) is 14.6. The van der Waals surface area contributed by atoms with Gasteiger partial charge in [-0.3, -0.25) is 4.79 Å². The van der Waals surface area contributed by atoms with E-state index in [1.165, 1.54) is 0 Å². The van der Waals surface area contributed by atoms with Gasteiger partial charge in [-0.05, 0) is 35.7 Å². The fraction of sp³-hybridized carbons (Fsp3) is 0.182. The fourth-order valence-corrected chi connectivity index (χ4v) is 5.35. The van der Waals surface area contributed by atoms with E-state index in [2.05, 4.69) is 5.32 Å². The van der Waals surface area contributed by atoms with Gasteiger partial charge in [0.15, 0.2) is 11.5 Å². The van der Waals surface area contributed by atoms with Gasteiger partial charge in [0.05, 0.1) is 35.0 Å². The highest BCUT2D eigenvalue weighted by Gasteiger charge is 2.61. The molecule has 1 N–H and O–H groups in total. The van der Waals surface area contributed by atoms with Gasteiger partial charge >= 0.3 is 5.72 Å². The highest BCUT2D eigenvalue weighted by molar-refractivity contribution is 7.12. The van der Waals surface area contributed by atoms with Crippen LogP contribution in [0.25, 0.3) is 0 Å². The summed E-state index contributed by atoms with van der Waals surface area (Å²) < 4.78 is 12.1. The first-order valence-corrected chi connectivity index (χ1v) is 10.8. The van der Waals surface area contributed by atoms with E-state index in [1.54, 1.807) is 41.7 Å². The molecular formula is C22H16ClN3O3S. The zero-order valence-electron chi connectivity index (χ0n) is 15.9. The molecule has 8 heteroatoms. The van der Waals surface area contributed by atoms with Gasteiger partial charge in [-0.2, -0.15) is 5.10 Å². The topological polar surface area (TPSA) is 63.2 Å². The third kappa shape index (κ3) is 2.24. The van der Waals surface area contributed by atoms with Gasteiger partial charge in [-0.1, -0.05) is 29.8 Å². The number of para-hydroxylation sites is 1. The van der Waals surface area contributed by atoms with Crippen LogP contribution in [0.1, 0.15) is 28.5 Å². The molecule has 4 heterocycles. The van der Waals surface area contributed by atoms with Crippen molar-refractivity contribution >= 4 is 40.2 Å². The van der Waals surface area contributed by atoms with Crippen molar-refractivity contribution in [3.8, 4) is 11.5 Å². The van der Waals surface area contributed by atoms with Gasteiger partial charge in [-0.25, -0.2) is 5.01 Å². The molecule has 0 saturated carbocycles. The van der Waals surface area contributed by atoms with Crippen molar-refractivity contribution in [2.75, 3.05) is 12.4 Å². The molecule has 0 fully saturated rings. The van der Waals surface area contributed by atoms with Gasteiger partial charge < -0.3 is 14.8 Å². The van der Waals surface area contributed by atoms with Crippen LogP contribution in [-0.4, -0.2) is 23.7 Å². The maximum Gasteiger partial charge on any atom is 0.306 e. The highest BCUT2D eigenvalue weighted by Crippen LogP contribution is 2.56. The minimum absolute atomic E-state index is 0.170. The number of ether oxygens (including phenoxy) is 2. The van der Waals surface area contributed by atoms with E-state index in [0.717, 1.165) is 16.2 Å². The number of hydrazone groups is 1. The average molecular weight is 438 g/mol. The minimum Gasteiger partial charge on any atom is -0.493 e. The maximum atomic E-state index is 13.4. The Hall–Kier alpha value is -3.03. The maximum absolute atomic E-state index is 13.4. The van der Waals surface area contributed by atoms with Crippen LogP contribution in [0.5, 0.6) is 11.5 Å². The van der Waals surface area contributed by atoms with E-state index in [-0.39, 0.29) is 11.9 Å². The number of carbonyl (C=O) groups is 1. The van der Waals surface area contributed by atoms with Gasteiger partial charge in [0.2, 0.25) is 0 Å².